The van der Waals surface area contributed by atoms with Crippen molar-refractivity contribution in [1.82, 2.24) is 9.78 Å². The van der Waals surface area contributed by atoms with Crippen LogP contribution in [0.3, 0.4) is 0 Å². The summed E-state index contributed by atoms with van der Waals surface area (Å²) < 4.78 is 14.1. The minimum Gasteiger partial charge on any atom is -0.478 e. The van der Waals surface area contributed by atoms with Crippen LogP contribution in [0.25, 0.3) is 5.69 Å². The number of benzene rings is 1. The first kappa shape index (κ1) is 10.4. The molecule has 0 aliphatic rings. The van der Waals surface area contributed by atoms with E-state index in [0.717, 1.165) is 0 Å². The predicted octanol–water partition coefficient (Wildman–Crippen LogP) is 2.02. The minimum atomic E-state index is -1.02. The summed E-state index contributed by atoms with van der Waals surface area (Å²) in [5.74, 6) is -1.36. The monoisotopic (exact) mass is 220 g/mol. The predicted molar refractivity (Wildman–Crippen MR) is 55.2 cm³/mol. The lowest BCUT2D eigenvalue weighted by atomic mass is 10.3. The van der Waals surface area contributed by atoms with Crippen molar-refractivity contribution in [2.24, 2.45) is 0 Å². The third-order valence-corrected chi connectivity index (χ3v) is 2.22. The Kier molecular flexibility index (Phi) is 2.44. The molecule has 0 bridgehead atoms. The highest BCUT2D eigenvalue weighted by Crippen LogP contribution is 2.12. The lowest BCUT2D eigenvalue weighted by Crippen LogP contribution is -1.96. The third kappa shape index (κ3) is 1.79. The molecule has 0 atom stereocenters. The van der Waals surface area contributed by atoms with E-state index in [4.69, 9.17) is 5.11 Å². The number of aromatic nitrogens is 2. The van der Waals surface area contributed by atoms with E-state index in [2.05, 4.69) is 5.10 Å². The van der Waals surface area contributed by atoms with Gasteiger partial charge in [0.25, 0.3) is 0 Å². The smallest absolute Gasteiger partial charge is 0.339 e. The van der Waals surface area contributed by atoms with Crippen LogP contribution >= 0.6 is 0 Å². The maximum atomic E-state index is 12.7. The molecule has 1 aromatic heterocycles. The van der Waals surface area contributed by atoms with Crippen LogP contribution < -0.4 is 0 Å². The number of carboxylic acids is 1. The van der Waals surface area contributed by atoms with Gasteiger partial charge in [0.2, 0.25) is 0 Å². The minimum absolute atomic E-state index is 0.143. The SMILES string of the molecule is Cc1nn(-c2ccc(F)cc2)cc1C(=O)O. The fourth-order valence-electron chi connectivity index (χ4n) is 1.40. The zero-order chi connectivity index (χ0) is 11.7. The molecule has 0 spiro atoms. The highest BCUT2D eigenvalue weighted by atomic mass is 19.1. The molecule has 82 valence electrons. The van der Waals surface area contributed by atoms with Gasteiger partial charge in [-0.25, -0.2) is 13.9 Å². The zero-order valence-corrected chi connectivity index (χ0v) is 8.51. The van der Waals surface area contributed by atoms with Gasteiger partial charge in [-0.15, -0.1) is 0 Å². The van der Waals surface area contributed by atoms with Crippen LogP contribution in [-0.4, -0.2) is 20.9 Å². The summed E-state index contributed by atoms with van der Waals surface area (Å²) in [5.41, 5.74) is 1.19. The Labute approximate surface area is 90.9 Å². The standard InChI is InChI=1S/C11H9FN2O2/c1-7-10(11(15)16)6-14(13-7)9-4-2-8(12)3-5-9/h2-6H,1H3,(H,15,16). The van der Waals surface area contributed by atoms with Crippen LogP contribution in [0, 0.1) is 12.7 Å². The molecule has 2 rings (SSSR count). The topological polar surface area (TPSA) is 55.1 Å². The molecule has 0 aliphatic heterocycles. The van der Waals surface area contributed by atoms with Gasteiger partial charge in [0.15, 0.2) is 0 Å². The van der Waals surface area contributed by atoms with E-state index < -0.39 is 5.97 Å². The molecular formula is C11H9FN2O2. The third-order valence-electron chi connectivity index (χ3n) is 2.22. The van der Waals surface area contributed by atoms with E-state index in [1.54, 1.807) is 6.92 Å². The molecule has 16 heavy (non-hydrogen) atoms. The Morgan fingerprint density at radius 1 is 1.38 bits per heavy atom. The molecule has 0 saturated heterocycles. The van der Waals surface area contributed by atoms with Gasteiger partial charge in [0.1, 0.15) is 11.4 Å². The molecule has 0 amide bonds. The molecule has 5 heteroatoms. The first-order valence-corrected chi connectivity index (χ1v) is 4.63. The molecule has 1 aromatic carbocycles. The quantitative estimate of drug-likeness (QED) is 0.842. The fourth-order valence-corrected chi connectivity index (χ4v) is 1.40. The van der Waals surface area contributed by atoms with Gasteiger partial charge in [0, 0.05) is 6.20 Å². The van der Waals surface area contributed by atoms with E-state index in [0.29, 0.717) is 11.4 Å². The average Bonchev–Trinajstić information content (AvgIpc) is 2.61. The van der Waals surface area contributed by atoms with Crippen LogP contribution in [0.15, 0.2) is 30.5 Å². The Bertz CT molecular complexity index is 531. The number of rotatable bonds is 2. The molecule has 4 nitrogen and oxygen atoms in total. The second kappa shape index (κ2) is 3.77. The molecular weight excluding hydrogens is 211 g/mol. The summed E-state index contributed by atoms with van der Waals surface area (Å²) in [6, 6.07) is 5.67. The second-order valence-corrected chi connectivity index (χ2v) is 3.35. The van der Waals surface area contributed by atoms with Gasteiger partial charge < -0.3 is 5.11 Å². The number of carbonyl (C=O) groups is 1. The summed E-state index contributed by atoms with van der Waals surface area (Å²) in [4.78, 5) is 10.8. The van der Waals surface area contributed by atoms with E-state index in [9.17, 15) is 9.18 Å². The van der Waals surface area contributed by atoms with E-state index in [1.807, 2.05) is 0 Å². The molecule has 0 radical (unpaired) electrons. The van der Waals surface area contributed by atoms with Crippen molar-refractivity contribution < 1.29 is 14.3 Å². The van der Waals surface area contributed by atoms with Gasteiger partial charge in [0.05, 0.1) is 11.4 Å². The molecule has 1 heterocycles. The molecule has 1 N–H and O–H groups in total. The average molecular weight is 220 g/mol. The van der Waals surface area contributed by atoms with Gasteiger partial charge in [-0.2, -0.15) is 5.10 Å². The normalized spacial score (nSPS) is 10.4. The molecule has 0 saturated carbocycles. The first-order chi connectivity index (χ1) is 7.58. The van der Waals surface area contributed by atoms with Gasteiger partial charge in [-0.1, -0.05) is 0 Å². The van der Waals surface area contributed by atoms with Gasteiger partial charge in [-0.05, 0) is 31.2 Å². The lowest BCUT2D eigenvalue weighted by molar-refractivity contribution is 0.0696. The lowest BCUT2D eigenvalue weighted by Gasteiger charge is -1.99. The number of halogens is 1. The number of nitrogens with zero attached hydrogens (tertiary/aromatic N) is 2. The van der Waals surface area contributed by atoms with Crippen LogP contribution in [0.5, 0.6) is 0 Å². The summed E-state index contributed by atoms with van der Waals surface area (Å²) in [5, 5.41) is 12.9. The Hall–Kier alpha value is -2.17. The van der Waals surface area contributed by atoms with Crippen molar-refractivity contribution >= 4 is 5.97 Å². The van der Waals surface area contributed by atoms with Crippen LogP contribution in [0.1, 0.15) is 16.1 Å². The van der Waals surface area contributed by atoms with E-state index >= 15 is 0 Å². The Morgan fingerprint density at radius 2 is 2.00 bits per heavy atom. The van der Waals surface area contributed by atoms with E-state index in [-0.39, 0.29) is 11.4 Å². The number of hydrogen-bond acceptors (Lipinski definition) is 2. The van der Waals surface area contributed by atoms with Crippen molar-refractivity contribution in [3.8, 4) is 5.69 Å². The molecule has 0 fully saturated rings. The van der Waals surface area contributed by atoms with Crippen molar-refractivity contribution in [3.63, 3.8) is 0 Å². The number of aromatic carboxylic acids is 1. The first-order valence-electron chi connectivity index (χ1n) is 4.63. The van der Waals surface area contributed by atoms with Crippen LogP contribution in [0.4, 0.5) is 4.39 Å². The van der Waals surface area contributed by atoms with Crippen molar-refractivity contribution in [1.29, 1.82) is 0 Å². The van der Waals surface area contributed by atoms with Crippen molar-refractivity contribution in [3.05, 3.63) is 47.5 Å². The molecule has 2 aromatic rings. The zero-order valence-electron chi connectivity index (χ0n) is 8.51. The summed E-state index contributed by atoms with van der Waals surface area (Å²) >= 11 is 0. The number of carboxylic acid groups (broad SMARTS) is 1. The summed E-state index contributed by atoms with van der Waals surface area (Å²) in [6.07, 6.45) is 1.41. The molecule has 0 aliphatic carbocycles. The maximum Gasteiger partial charge on any atom is 0.339 e. The van der Waals surface area contributed by atoms with Crippen molar-refractivity contribution in [2.75, 3.05) is 0 Å². The number of aryl methyl sites for hydroxylation is 1. The van der Waals surface area contributed by atoms with Crippen LogP contribution in [0.2, 0.25) is 0 Å². The molecule has 0 unspecified atom stereocenters. The summed E-state index contributed by atoms with van der Waals surface area (Å²) in [6.45, 7) is 1.61. The van der Waals surface area contributed by atoms with Crippen LogP contribution in [-0.2, 0) is 0 Å². The summed E-state index contributed by atoms with van der Waals surface area (Å²) in [7, 11) is 0. The number of hydrogen-bond donors (Lipinski definition) is 1. The highest BCUT2D eigenvalue weighted by Gasteiger charge is 2.12. The van der Waals surface area contributed by atoms with Gasteiger partial charge >= 0.3 is 5.97 Å². The van der Waals surface area contributed by atoms with Gasteiger partial charge in [-0.3, -0.25) is 0 Å². The fraction of sp³-hybridized carbons (Fsp3) is 0.0909. The Balaban J connectivity index is 2.45. The highest BCUT2D eigenvalue weighted by molar-refractivity contribution is 5.88. The Morgan fingerprint density at radius 3 is 2.50 bits per heavy atom. The van der Waals surface area contributed by atoms with Crippen molar-refractivity contribution in [2.45, 2.75) is 6.92 Å². The largest absolute Gasteiger partial charge is 0.478 e. The second-order valence-electron chi connectivity index (χ2n) is 3.35. The maximum absolute atomic E-state index is 12.7. The van der Waals surface area contributed by atoms with E-state index in [1.165, 1.54) is 35.1 Å².